The number of rotatable bonds is 4. The minimum absolute atomic E-state index is 0.0184. The number of ketones is 2. The zero-order valence-electron chi connectivity index (χ0n) is 17.3. The topological polar surface area (TPSA) is 63.2 Å². The van der Waals surface area contributed by atoms with Crippen LogP contribution in [0.4, 0.5) is 0 Å². The molecule has 152 valence electrons. The lowest BCUT2D eigenvalue weighted by Crippen LogP contribution is -2.34. The lowest BCUT2D eigenvalue weighted by Gasteiger charge is -2.29. The van der Waals surface area contributed by atoms with E-state index in [1.807, 2.05) is 62.4 Å². The monoisotopic (exact) mass is 399 g/mol. The summed E-state index contributed by atoms with van der Waals surface area (Å²) < 4.78 is 0. The molecule has 2 aromatic carbocycles. The van der Waals surface area contributed by atoms with Gasteiger partial charge in [0, 0.05) is 18.5 Å². The van der Waals surface area contributed by atoms with Gasteiger partial charge in [0.15, 0.2) is 11.6 Å². The number of Topliss-reactive ketones (excluding diaryl/α,β-unsaturated/α-hetero) is 2. The molecule has 1 unspecified atom stereocenters. The van der Waals surface area contributed by atoms with Crippen LogP contribution in [0.3, 0.4) is 0 Å². The minimum Gasteiger partial charge on any atom is -0.348 e. The second kappa shape index (κ2) is 8.23. The fourth-order valence-corrected chi connectivity index (χ4v) is 4.28. The average molecular weight is 399 g/mol. The van der Waals surface area contributed by atoms with Gasteiger partial charge >= 0.3 is 0 Å². The molecule has 0 heterocycles. The Kier molecular flexibility index (Phi) is 5.49. The molecule has 0 saturated heterocycles. The largest absolute Gasteiger partial charge is 0.348 e. The Morgan fingerprint density at radius 2 is 1.77 bits per heavy atom. The van der Waals surface area contributed by atoms with E-state index >= 15 is 0 Å². The van der Waals surface area contributed by atoms with Crippen LogP contribution in [0.1, 0.15) is 47.4 Å². The van der Waals surface area contributed by atoms with Crippen LogP contribution >= 0.6 is 0 Å². The van der Waals surface area contributed by atoms with E-state index in [-0.39, 0.29) is 17.1 Å². The van der Waals surface area contributed by atoms with Gasteiger partial charge in [0.05, 0.1) is 11.5 Å². The highest BCUT2D eigenvalue weighted by Crippen LogP contribution is 2.40. The van der Waals surface area contributed by atoms with E-state index in [4.69, 9.17) is 0 Å². The van der Waals surface area contributed by atoms with E-state index in [2.05, 4.69) is 5.32 Å². The standard InChI is InChI=1S/C26H25NO3/c1-16-9-11-19(12-10-16)24-20-7-4-8-23(28)21(20)14-22(25(24)29)26(30)27-15-18-6-3-5-17(2)13-18/h3,5-6,9-14,24H,4,7-8,15H2,1-2H3,(H,27,30). The Morgan fingerprint density at radius 3 is 2.50 bits per heavy atom. The van der Waals surface area contributed by atoms with Crippen molar-refractivity contribution in [2.45, 2.75) is 45.6 Å². The molecular formula is C26H25NO3. The van der Waals surface area contributed by atoms with Crippen LogP contribution in [0.2, 0.25) is 0 Å². The van der Waals surface area contributed by atoms with Crippen LogP contribution < -0.4 is 5.32 Å². The van der Waals surface area contributed by atoms with E-state index in [1.165, 1.54) is 6.08 Å². The number of carbonyl (C=O) groups is 3. The first-order valence-electron chi connectivity index (χ1n) is 10.4. The highest BCUT2D eigenvalue weighted by Gasteiger charge is 2.38. The summed E-state index contributed by atoms with van der Waals surface area (Å²) in [5.74, 6) is -1.20. The summed E-state index contributed by atoms with van der Waals surface area (Å²) in [5.41, 5.74) is 5.49. The molecule has 4 rings (SSSR count). The molecule has 4 heteroatoms. The summed E-state index contributed by atoms with van der Waals surface area (Å²) in [7, 11) is 0. The van der Waals surface area contributed by atoms with Crippen LogP contribution in [0, 0.1) is 13.8 Å². The van der Waals surface area contributed by atoms with Crippen molar-refractivity contribution in [2.24, 2.45) is 0 Å². The third-order valence-electron chi connectivity index (χ3n) is 5.85. The van der Waals surface area contributed by atoms with Crippen molar-refractivity contribution in [1.29, 1.82) is 0 Å². The third kappa shape index (κ3) is 3.90. The van der Waals surface area contributed by atoms with E-state index in [0.717, 1.165) is 34.2 Å². The number of amides is 1. The van der Waals surface area contributed by atoms with Crippen molar-refractivity contribution in [3.05, 3.63) is 93.6 Å². The number of allylic oxidation sites excluding steroid dienone is 3. The fourth-order valence-electron chi connectivity index (χ4n) is 4.28. The number of hydrogen-bond acceptors (Lipinski definition) is 3. The molecule has 30 heavy (non-hydrogen) atoms. The molecular weight excluding hydrogens is 374 g/mol. The van der Waals surface area contributed by atoms with Gasteiger partial charge in [-0.1, -0.05) is 59.7 Å². The van der Waals surface area contributed by atoms with Gasteiger partial charge in [0.2, 0.25) is 0 Å². The molecule has 2 aliphatic rings. The molecule has 1 atom stereocenters. The Bertz CT molecular complexity index is 1090. The Hall–Kier alpha value is -3.27. The number of benzene rings is 2. The smallest absolute Gasteiger partial charge is 0.255 e. The molecule has 0 saturated carbocycles. The molecule has 4 nitrogen and oxygen atoms in total. The van der Waals surface area contributed by atoms with Gasteiger partial charge in [-0.05, 0) is 49.5 Å². The summed E-state index contributed by atoms with van der Waals surface area (Å²) in [6.07, 6.45) is 3.44. The fraction of sp³-hybridized carbons (Fsp3) is 0.269. The second-order valence-electron chi connectivity index (χ2n) is 8.15. The number of hydrogen-bond donors (Lipinski definition) is 1. The summed E-state index contributed by atoms with van der Waals surface area (Å²) >= 11 is 0. The van der Waals surface area contributed by atoms with Crippen LogP contribution in [0.15, 0.2) is 71.3 Å². The van der Waals surface area contributed by atoms with Crippen molar-refractivity contribution in [1.82, 2.24) is 5.32 Å². The Balaban J connectivity index is 1.66. The van der Waals surface area contributed by atoms with Gasteiger partial charge in [-0.25, -0.2) is 0 Å². The molecule has 2 aromatic rings. The lowest BCUT2D eigenvalue weighted by atomic mass is 9.72. The minimum atomic E-state index is -0.561. The number of carbonyl (C=O) groups excluding carboxylic acids is 3. The Morgan fingerprint density at radius 1 is 1.00 bits per heavy atom. The molecule has 0 radical (unpaired) electrons. The number of nitrogens with one attached hydrogen (secondary N) is 1. The molecule has 0 bridgehead atoms. The molecule has 1 amide bonds. The summed E-state index contributed by atoms with van der Waals surface area (Å²) in [5, 5.41) is 2.86. The molecule has 2 aliphatic carbocycles. The van der Waals surface area contributed by atoms with Crippen molar-refractivity contribution in [2.75, 3.05) is 0 Å². The maximum atomic E-state index is 13.4. The third-order valence-corrected chi connectivity index (χ3v) is 5.85. The van der Waals surface area contributed by atoms with Gasteiger partial charge in [-0.2, -0.15) is 0 Å². The molecule has 1 N–H and O–H groups in total. The van der Waals surface area contributed by atoms with Gasteiger partial charge in [-0.15, -0.1) is 0 Å². The summed E-state index contributed by atoms with van der Waals surface area (Å²) in [4.78, 5) is 39.0. The predicted octanol–water partition coefficient (Wildman–Crippen LogP) is 4.26. The maximum Gasteiger partial charge on any atom is 0.255 e. The van der Waals surface area contributed by atoms with Gasteiger partial charge in [-0.3, -0.25) is 14.4 Å². The first-order chi connectivity index (χ1) is 14.4. The van der Waals surface area contributed by atoms with E-state index in [0.29, 0.717) is 25.0 Å². The quantitative estimate of drug-likeness (QED) is 0.782. The van der Waals surface area contributed by atoms with Gasteiger partial charge in [0.25, 0.3) is 5.91 Å². The van der Waals surface area contributed by atoms with Crippen molar-refractivity contribution in [3.8, 4) is 0 Å². The highest BCUT2D eigenvalue weighted by atomic mass is 16.2. The normalized spacial score (nSPS) is 18.7. The van der Waals surface area contributed by atoms with E-state index in [1.54, 1.807) is 0 Å². The van der Waals surface area contributed by atoms with Crippen LogP contribution in [0.25, 0.3) is 0 Å². The van der Waals surface area contributed by atoms with E-state index in [9.17, 15) is 14.4 Å². The lowest BCUT2D eigenvalue weighted by molar-refractivity contribution is -0.123. The van der Waals surface area contributed by atoms with Crippen molar-refractivity contribution in [3.63, 3.8) is 0 Å². The number of aryl methyl sites for hydroxylation is 2. The van der Waals surface area contributed by atoms with Crippen molar-refractivity contribution >= 4 is 17.5 Å². The van der Waals surface area contributed by atoms with Crippen LogP contribution in [-0.4, -0.2) is 17.5 Å². The average Bonchev–Trinajstić information content (AvgIpc) is 2.73. The molecule has 0 fully saturated rings. The van der Waals surface area contributed by atoms with Crippen LogP contribution in [-0.2, 0) is 20.9 Å². The molecule has 0 aliphatic heterocycles. The SMILES string of the molecule is Cc1ccc(C2C(=O)C(C(=O)NCc3cccc(C)c3)=CC3=C2CCCC3=O)cc1. The van der Waals surface area contributed by atoms with Gasteiger partial charge < -0.3 is 5.32 Å². The first-order valence-corrected chi connectivity index (χ1v) is 10.4. The molecule has 0 aromatic heterocycles. The Labute approximate surface area is 176 Å². The predicted molar refractivity (Wildman–Crippen MR) is 116 cm³/mol. The summed E-state index contributed by atoms with van der Waals surface area (Å²) in [6.45, 7) is 4.32. The zero-order chi connectivity index (χ0) is 21.3. The summed E-state index contributed by atoms with van der Waals surface area (Å²) in [6, 6.07) is 15.6. The highest BCUT2D eigenvalue weighted by molar-refractivity contribution is 6.25. The first kappa shape index (κ1) is 20.0. The van der Waals surface area contributed by atoms with Gasteiger partial charge in [0.1, 0.15) is 0 Å². The second-order valence-corrected chi connectivity index (χ2v) is 8.15. The zero-order valence-corrected chi connectivity index (χ0v) is 17.3. The van der Waals surface area contributed by atoms with Crippen molar-refractivity contribution < 1.29 is 14.4 Å². The van der Waals surface area contributed by atoms with Crippen LogP contribution in [0.5, 0.6) is 0 Å². The van der Waals surface area contributed by atoms with E-state index < -0.39 is 11.8 Å². The maximum absolute atomic E-state index is 13.4. The molecule has 0 spiro atoms.